The number of fused-ring (bicyclic) bond motifs is 2. The first-order chi connectivity index (χ1) is 22.7. The van der Waals surface area contributed by atoms with Crippen molar-refractivity contribution in [2.75, 3.05) is 0 Å². The standard InChI is InChI=1S/2C16H13.C12H10Ge.2ClH.Hf/c2*1-12-10-14-8-5-9-15(16(14)11-12)13-6-3-2-4-7-13;1-3-7-11(8-4-1)13-12-9-5-2-6-10-12;;;/h2*2-11H,1H3;1-10H;2*1H;/q;;;;;+2/p-2. The summed E-state index contributed by atoms with van der Waals surface area (Å²) < 4.78 is 4.35. The fourth-order valence-corrected chi connectivity index (χ4v) is 65.5. The average Bonchev–Trinajstić information content (AvgIpc) is 3.63. The molecule has 0 radical (unpaired) electrons. The van der Waals surface area contributed by atoms with Gasteiger partial charge in [-0.3, -0.25) is 0 Å². The predicted molar refractivity (Wildman–Crippen MR) is 194 cm³/mol. The smallest absolute Gasteiger partial charge is 1.00 e. The van der Waals surface area contributed by atoms with Crippen molar-refractivity contribution in [3.05, 3.63) is 191 Å². The van der Waals surface area contributed by atoms with Gasteiger partial charge in [0.1, 0.15) is 0 Å². The van der Waals surface area contributed by atoms with E-state index in [1.165, 1.54) is 33.4 Å². The molecule has 0 heterocycles. The van der Waals surface area contributed by atoms with Crippen LogP contribution in [0.2, 0.25) is 0 Å². The third-order valence-corrected chi connectivity index (χ3v) is 56.2. The van der Waals surface area contributed by atoms with Crippen molar-refractivity contribution < 1.29 is 43.2 Å². The van der Waals surface area contributed by atoms with Crippen molar-refractivity contribution in [1.29, 1.82) is 0 Å². The molecule has 0 saturated carbocycles. The Labute approximate surface area is 306 Å². The number of allylic oxidation sites excluding steroid dienone is 2. The second-order valence-electron chi connectivity index (χ2n) is 12.6. The van der Waals surface area contributed by atoms with Crippen LogP contribution in [0.25, 0.3) is 34.4 Å². The summed E-state index contributed by atoms with van der Waals surface area (Å²) in [6.45, 7) is 4.90. The van der Waals surface area contributed by atoms with Gasteiger partial charge in [0.25, 0.3) is 0 Å². The first kappa shape index (κ1) is 34.6. The molecule has 0 nitrogen and oxygen atoms in total. The van der Waals surface area contributed by atoms with Crippen LogP contribution in [0.1, 0.15) is 43.5 Å². The quantitative estimate of drug-likeness (QED) is 0.222. The third kappa shape index (κ3) is 6.32. The Bertz CT molecular complexity index is 2000. The fraction of sp³-hybridized carbons (Fsp3) is 0.0909. The Morgan fingerprint density at radius 3 is 1.15 bits per heavy atom. The maximum absolute atomic E-state index is 2.83. The molecule has 2 aliphatic rings. The van der Waals surface area contributed by atoms with Crippen LogP contribution in [0.3, 0.4) is 0 Å². The molecule has 4 heteroatoms. The fourth-order valence-electron chi connectivity index (χ4n) is 7.83. The van der Waals surface area contributed by atoms with Crippen molar-refractivity contribution in [3.63, 3.8) is 0 Å². The van der Waals surface area contributed by atoms with Crippen molar-refractivity contribution in [3.8, 4) is 22.3 Å². The van der Waals surface area contributed by atoms with Gasteiger partial charge in [-0.05, 0) is 0 Å². The molecule has 8 rings (SSSR count). The molecule has 0 spiro atoms. The van der Waals surface area contributed by atoms with Crippen molar-refractivity contribution in [2.45, 2.75) is 21.2 Å². The van der Waals surface area contributed by atoms with Gasteiger partial charge in [-0.15, -0.1) is 0 Å². The van der Waals surface area contributed by atoms with Crippen LogP contribution < -0.4 is 33.6 Å². The molecular weight excluding hydrogens is 850 g/mol. The first-order valence-electron chi connectivity index (χ1n) is 16.3. The summed E-state index contributed by atoms with van der Waals surface area (Å²) in [7, 11) is -2.02. The van der Waals surface area contributed by atoms with Crippen molar-refractivity contribution in [1.82, 2.24) is 0 Å². The third-order valence-electron chi connectivity index (χ3n) is 9.76. The Balaban J connectivity index is 0.00000201. The van der Waals surface area contributed by atoms with Crippen LogP contribution in [-0.2, 0) is 18.3 Å². The van der Waals surface area contributed by atoms with E-state index in [2.05, 4.69) is 184 Å². The molecule has 2 atom stereocenters. The number of hydrogen-bond acceptors (Lipinski definition) is 0. The molecular formula is C44H36Cl2GeHf. The van der Waals surface area contributed by atoms with Crippen LogP contribution in [0.15, 0.2) is 169 Å². The van der Waals surface area contributed by atoms with Crippen molar-refractivity contribution in [2.24, 2.45) is 0 Å². The van der Waals surface area contributed by atoms with Crippen LogP contribution in [-0.4, -0.2) is 10.1 Å². The second kappa shape index (κ2) is 15.1. The molecule has 2 unspecified atom stereocenters. The minimum atomic E-state index is -2.83. The molecule has 0 amide bonds. The SMILES string of the molecule is CC1=Cc2c(-c3ccccc3)cccc2[CH]1[Hf+2]([CH]1C(C)=Cc2c(-c3ccccc3)cccc21)=[Ge]([c]1ccccc1)[c]1ccccc1.[Cl-].[Cl-]. The van der Waals surface area contributed by atoms with Gasteiger partial charge < -0.3 is 24.8 Å². The maximum Gasteiger partial charge on any atom is -1.00 e. The maximum atomic E-state index is 2.56. The molecule has 0 bridgehead atoms. The van der Waals surface area contributed by atoms with Gasteiger partial charge in [0.05, 0.1) is 0 Å². The molecule has 0 aliphatic heterocycles. The number of hydrogen-bond donors (Lipinski definition) is 0. The molecule has 234 valence electrons. The largest absolute Gasteiger partial charge is 1.00 e. The molecule has 0 fully saturated rings. The summed E-state index contributed by atoms with van der Waals surface area (Å²) in [4.78, 5) is 0. The van der Waals surface area contributed by atoms with E-state index in [-0.39, 0.29) is 24.8 Å². The van der Waals surface area contributed by atoms with E-state index in [0.29, 0.717) is 7.35 Å². The van der Waals surface area contributed by atoms with Crippen LogP contribution in [0, 0.1) is 0 Å². The van der Waals surface area contributed by atoms with E-state index in [9.17, 15) is 0 Å². The molecule has 0 saturated heterocycles. The zero-order chi connectivity index (χ0) is 31.0. The molecule has 6 aromatic carbocycles. The Morgan fingerprint density at radius 1 is 0.417 bits per heavy atom. The zero-order valence-corrected chi connectivity index (χ0v) is 34.3. The van der Waals surface area contributed by atoms with Gasteiger partial charge in [-0.1, -0.05) is 0 Å². The molecule has 2 aliphatic carbocycles. The summed E-state index contributed by atoms with van der Waals surface area (Å²) in [5, 5.41) is 0. The predicted octanol–water partition coefficient (Wildman–Crippen LogP) is 4.07. The van der Waals surface area contributed by atoms with E-state index in [0.717, 1.165) is 0 Å². The number of rotatable bonds is 6. The summed E-state index contributed by atoms with van der Waals surface area (Å²) in [6, 6.07) is 59.7. The zero-order valence-electron chi connectivity index (χ0n) is 27.1. The van der Waals surface area contributed by atoms with Gasteiger partial charge in [-0.2, -0.15) is 0 Å². The van der Waals surface area contributed by atoms with Gasteiger partial charge in [-0.25, -0.2) is 0 Å². The Hall–Kier alpha value is -3.21. The van der Waals surface area contributed by atoms with Gasteiger partial charge in [0, 0.05) is 0 Å². The topological polar surface area (TPSA) is 0 Å². The monoisotopic (exact) mass is 888 g/mol. The summed E-state index contributed by atoms with van der Waals surface area (Å²) in [5.41, 5.74) is 14.6. The number of benzene rings is 6. The normalized spacial score (nSPS) is 15.4. The van der Waals surface area contributed by atoms with Gasteiger partial charge >= 0.3 is 284 Å². The molecule has 0 N–H and O–H groups in total. The van der Waals surface area contributed by atoms with Crippen LogP contribution in [0.4, 0.5) is 0 Å². The molecule has 0 aromatic heterocycles. The average molecular weight is 887 g/mol. The van der Waals surface area contributed by atoms with E-state index < -0.39 is 28.4 Å². The summed E-state index contributed by atoms with van der Waals surface area (Å²) in [5.74, 6) is 0. The first-order valence-corrected chi connectivity index (χ1v) is 32.9. The molecule has 48 heavy (non-hydrogen) atoms. The van der Waals surface area contributed by atoms with Crippen LogP contribution >= 0.6 is 0 Å². The van der Waals surface area contributed by atoms with Crippen LogP contribution in [0.5, 0.6) is 0 Å². The Morgan fingerprint density at radius 2 is 0.771 bits per heavy atom. The van der Waals surface area contributed by atoms with E-state index in [4.69, 9.17) is 0 Å². The minimum Gasteiger partial charge on any atom is -1.00 e. The van der Waals surface area contributed by atoms with Crippen molar-refractivity contribution >= 4 is 31.0 Å². The van der Waals surface area contributed by atoms with E-state index in [1.54, 1.807) is 31.1 Å². The minimum absolute atomic E-state index is 0. The Kier molecular flexibility index (Phi) is 10.9. The summed E-state index contributed by atoms with van der Waals surface area (Å²) >= 11 is -2.83. The number of halogens is 2. The second-order valence-corrected chi connectivity index (χ2v) is 43.2. The van der Waals surface area contributed by atoms with E-state index in [1.807, 2.05) is 0 Å². The van der Waals surface area contributed by atoms with Gasteiger partial charge in [0.2, 0.25) is 0 Å². The van der Waals surface area contributed by atoms with Gasteiger partial charge in [0.15, 0.2) is 0 Å². The summed E-state index contributed by atoms with van der Waals surface area (Å²) in [6.07, 6.45) is 5.13. The van der Waals surface area contributed by atoms with E-state index >= 15 is 0 Å². The molecule has 6 aromatic rings.